The molecule has 7 aromatic carbocycles. The minimum absolute atomic E-state index is 0.555. The average Bonchev–Trinajstić information content (AvgIpc) is 3.76. The first kappa shape index (κ1) is 30.3. The molecular formula is C47H32N2O2. The molecule has 0 amide bonds. The van der Waals surface area contributed by atoms with Gasteiger partial charge in [0.25, 0.3) is 0 Å². The molecule has 0 fully saturated rings. The van der Waals surface area contributed by atoms with E-state index in [0.717, 1.165) is 77.4 Å². The molecular weight excluding hydrogens is 625 g/mol. The van der Waals surface area contributed by atoms with Crippen LogP contribution in [0.4, 0.5) is 0 Å². The fourth-order valence-corrected chi connectivity index (χ4v) is 6.82. The Morgan fingerprint density at radius 1 is 0.451 bits per heavy atom. The van der Waals surface area contributed by atoms with Gasteiger partial charge in [-0.2, -0.15) is 0 Å². The Bertz CT molecular complexity index is 2820. The van der Waals surface area contributed by atoms with Crippen molar-refractivity contribution in [2.24, 2.45) is 9.98 Å². The highest BCUT2D eigenvalue weighted by molar-refractivity contribution is 6.19. The number of rotatable bonds is 6. The number of para-hydroxylation sites is 3. The maximum absolute atomic E-state index is 6.37. The maximum atomic E-state index is 6.37. The van der Waals surface area contributed by atoms with Crippen molar-refractivity contribution < 1.29 is 8.83 Å². The molecule has 0 aliphatic heterocycles. The predicted octanol–water partition coefficient (Wildman–Crippen LogP) is 12.7. The Hall–Kier alpha value is -6.78. The van der Waals surface area contributed by atoms with E-state index in [0.29, 0.717) is 11.5 Å². The molecule has 9 rings (SSSR count). The number of hydrogen-bond acceptors (Lipinski definition) is 3. The minimum Gasteiger partial charge on any atom is -0.456 e. The van der Waals surface area contributed by atoms with E-state index < -0.39 is 0 Å². The van der Waals surface area contributed by atoms with E-state index in [1.807, 2.05) is 67.6 Å². The summed E-state index contributed by atoms with van der Waals surface area (Å²) < 4.78 is 12.6. The van der Waals surface area contributed by atoms with Crippen molar-refractivity contribution in [3.8, 4) is 22.3 Å². The normalized spacial score (nSPS) is 12.3. The first-order valence-electron chi connectivity index (χ1n) is 17.0. The molecule has 4 heteroatoms. The number of furan rings is 2. The Labute approximate surface area is 295 Å². The summed E-state index contributed by atoms with van der Waals surface area (Å²) in [5.41, 5.74) is 12.0. The van der Waals surface area contributed by atoms with Crippen molar-refractivity contribution in [2.45, 2.75) is 6.92 Å². The highest BCUT2D eigenvalue weighted by Crippen LogP contribution is 2.33. The Balaban J connectivity index is 1.13. The number of nitrogens with zero attached hydrogens (tertiary/aromatic N) is 2. The standard InChI is InChI=1S/C47H32N2O2/c1-30(35-26-27-41-39-16-6-8-20-43(39)50-45(41)29-35)48-47(49-31(2)38-18-11-19-42-40-17-7-9-21-44(40)51-46(38)42)34-24-22-33(23-25-34)37-15-10-14-36(28-37)32-12-4-3-5-13-32/h3-29H,1H2,2H3. The van der Waals surface area contributed by atoms with E-state index in [2.05, 4.69) is 110 Å². The summed E-state index contributed by atoms with van der Waals surface area (Å²) in [6.45, 7) is 6.40. The summed E-state index contributed by atoms with van der Waals surface area (Å²) in [6, 6.07) is 56.0. The number of amidine groups is 1. The predicted molar refractivity (Wildman–Crippen MR) is 213 cm³/mol. The number of benzene rings is 7. The summed E-state index contributed by atoms with van der Waals surface area (Å²) in [5.74, 6) is 0.555. The Morgan fingerprint density at radius 2 is 1.02 bits per heavy atom. The van der Waals surface area contributed by atoms with Crippen LogP contribution in [0.3, 0.4) is 0 Å². The van der Waals surface area contributed by atoms with E-state index in [-0.39, 0.29) is 0 Å². The summed E-state index contributed by atoms with van der Waals surface area (Å²) in [4.78, 5) is 10.3. The van der Waals surface area contributed by atoms with Gasteiger partial charge in [-0.25, -0.2) is 9.98 Å². The topological polar surface area (TPSA) is 51.0 Å². The van der Waals surface area contributed by atoms with E-state index in [4.69, 9.17) is 18.8 Å². The lowest BCUT2D eigenvalue weighted by atomic mass is 9.98. The van der Waals surface area contributed by atoms with Crippen LogP contribution in [0.5, 0.6) is 0 Å². The van der Waals surface area contributed by atoms with Crippen molar-refractivity contribution >= 4 is 61.1 Å². The van der Waals surface area contributed by atoms with Crippen LogP contribution >= 0.6 is 0 Å². The van der Waals surface area contributed by atoms with E-state index in [9.17, 15) is 0 Å². The second-order valence-corrected chi connectivity index (χ2v) is 12.7. The van der Waals surface area contributed by atoms with Gasteiger partial charge in [0.05, 0.1) is 11.4 Å². The minimum atomic E-state index is 0.555. The zero-order valence-corrected chi connectivity index (χ0v) is 28.0. The van der Waals surface area contributed by atoms with E-state index >= 15 is 0 Å². The van der Waals surface area contributed by atoms with Crippen molar-refractivity contribution in [2.75, 3.05) is 0 Å². The molecule has 51 heavy (non-hydrogen) atoms. The summed E-state index contributed by atoms with van der Waals surface area (Å²) >= 11 is 0. The third-order valence-corrected chi connectivity index (χ3v) is 9.47. The number of aliphatic imine (C=N–C) groups is 2. The highest BCUT2D eigenvalue weighted by Gasteiger charge is 2.15. The van der Waals surface area contributed by atoms with Crippen LogP contribution in [0.1, 0.15) is 23.6 Å². The van der Waals surface area contributed by atoms with Gasteiger partial charge in [0.15, 0.2) is 5.84 Å². The zero-order valence-electron chi connectivity index (χ0n) is 28.0. The molecule has 0 bridgehead atoms. The fourth-order valence-electron chi connectivity index (χ4n) is 6.82. The van der Waals surface area contributed by atoms with Crippen molar-refractivity contribution in [1.82, 2.24) is 0 Å². The molecule has 0 N–H and O–H groups in total. The third kappa shape index (κ3) is 5.63. The van der Waals surface area contributed by atoms with Crippen LogP contribution in [0.25, 0.3) is 71.8 Å². The van der Waals surface area contributed by atoms with Crippen molar-refractivity contribution in [3.63, 3.8) is 0 Å². The third-order valence-electron chi connectivity index (χ3n) is 9.47. The molecule has 9 aromatic rings. The van der Waals surface area contributed by atoms with Gasteiger partial charge in [-0.3, -0.25) is 0 Å². The fraction of sp³-hybridized carbons (Fsp3) is 0.0213. The zero-order chi connectivity index (χ0) is 34.3. The number of hydrogen-bond donors (Lipinski definition) is 0. The van der Waals surface area contributed by atoms with Crippen molar-refractivity contribution in [1.29, 1.82) is 0 Å². The molecule has 4 nitrogen and oxygen atoms in total. The van der Waals surface area contributed by atoms with Gasteiger partial charge >= 0.3 is 0 Å². The first-order chi connectivity index (χ1) is 25.1. The monoisotopic (exact) mass is 656 g/mol. The molecule has 0 radical (unpaired) electrons. The van der Waals surface area contributed by atoms with Gasteiger partial charge < -0.3 is 8.83 Å². The molecule has 0 unspecified atom stereocenters. The summed E-state index contributed by atoms with van der Waals surface area (Å²) in [5, 5.41) is 4.29. The molecule has 0 saturated heterocycles. The molecule has 242 valence electrons. The molecule has 0 aliphatic carbocycles. The quantitative estimate of drug-likeness (QED) is 0.132. The van der Waals surface area contributed by atoms with Gasteiger partial charge in [0, 0.05) is 38.2 Å². The Kier molecular flexibility index (Phi) is 7.48. The van der Waals surface area contributed by atoms with Crippen LogP contribution < -0.4 is 0 Å². The molecule has 0 atom stereocenters. The van der Waals surface area contributed by atoms with E-state index in [1.165, 1.54) is 11.1 Å². The average molecular weight is 657 g/mol. The SMILES string of the molecule is C=C(N=C(N=C(C)c1cccc2c1oc1ccccc12)c1ccc(-c2cccc(-c3ccccc3)c2)cc1)c1ccc2c(c1)oc1ccccc12. The summed E-state index contributed by atoms with van der Waals surface area (Å²) in [6.07, 6.45) is 0. The molecule has 2 heterocycles. The van der Waals surface area contributed by atoms with Gasteiger partial charge in [-0.15, -0.1) is 0 Å². The second kappa shape index (κ2) is 12.6. The summed E-state index contributed by atoms with van der Waals surface area (Å²) in [7, 11) is 0. The molecule has 0 aliphatic rings. The van der Waals surface area contributed by atoms with Crippen LogP contribution in [0, 0.1) is 0 Å². The van der Waals surface area contributed by atoms with Gasteiger partial charge in [-0.1, -0.05) is 134 Å². The van der Waals surface area contributed by atoms with Crippen LogP contribution in [-0.4, -0.2) is 11.5 Å². The van der Waals surface area contributed by atoms with Crippen LogP contribution in [-0.2, 0) is 0 Å². The molecule has 0 spiro atoms. The highest BCUT2D eigenvalue weighted by atomic mass is 16.3. The molecule has 2 aromatic heterocycles. The van der Waals surface area contributed by atoms with Crippen molar-refractivity contribution in [3.05, 3.63) is 187 Å². The smallest absolute Gasteiger partial charge is 0.160 e. The molecule has 0 saturated carbocycles. The number of fused-ring (bicyclic) bond motifs is 6. The van der Waals surface area contributed by atoms with Gasteiger partial charge in [0.1, 0.15) is 22.3 Å². The lowest BCUT2D eigenvalue weighted by Crippen LogP contribution is -2.04. The largest absolute Gasteiger partial charge is 0.456 e. The van der Waals surface area contributed by atoms with Gasteiger partial charge in [0.2, 0.25) is 0 Å². The lowest BCUT2D eigenvalue weighted by molar-refractivity contribution is 0.668. The van der Waals surface area contributed by atoms with Crippen LogP contribution in [0.2, 0.25) is 0 Å². The second-order valence-electron chi connectivity index (χ2n) is 12.7. The Morgan fingerprint density at radius 3 is 1.78 bits per heavy atom. The lowest BCUT2D eigenvalue weighted by Gasteiger charge is -2.10. The first-order valence-corrected chi connectivity index (χ1v) is 17.0. The van der Waals surface area contributed by atoms with E-state index in [1.54, 1.807) is 0 Å². The van der Waals surface area contributed by atoms with Gasteiger partial charge in [-0.05, 0) is 65.6 Å². The maximum Gasteiger partial charge on any atom is 0.160 e. The van der Waals surface area contributed by atoms with Crippen LogP contribution in [0.15, 0.2) is 189 Å².